The van der Waals surface area contributed by atoms with E-state index in [1.807, 2.05) is 30.3 Å². The topological polar surface area (TPSA) is 84.8 Å². The molecule has 0 aliphatic carbocycles. The van der Waals surface area contributed by atoms with Gasteiger partial charge < -0.3 is 29.8 Å². The van der Waals surface area contributed by atoms with Crippen molar-refractivity contribution in [3.63, 3.8) is 0 Å². The van der Waals surface area contributed by atoms with Crippen LogP contribution in [0.1, 0.15) is 10.6 Å². The predicted molar refractivity (Wildman–Crippen MR) is 106 cm³/mol. The molecular formula is C19H15N3O4S. The quantitative estimate of drug-likeness (QED) is 0.588. The molecule has 1 amide bonds. The molecular weight excluding hydrogens is 366 g/mol. The average Bonchev–Trinajstić information content (AvgIpc) is 3.34. The van der Waals surface area contributed by atoms with Crippen molar-refractivity contribution < 1.29 is 18.7 Å². The summed E-state index contributed by atoms with van der Waals surface area (Å²) < 4.78 is 15.7. The van der Waals surface area contributed by atoms with Crippen molar-refractivity contribution in [2.75, 3.05) is 22.7 Å². The number of fused-ring (bicyclic) bond motifs is 1. The van der Waals surface area contributed by atoms with E-state index in [9.17, 15) is 4.79 Å². The van der Waals surface area contributed by atoms with Crippen molar-refractivity contribution in [1.82, 2.24) is 0 Å². The normalized spacial score (nSPS) is 11.7. The smallest absolute Gasteiger partial charge is 0.291 e. The number of anilines is 3. The second-order valence-corrected chi connectivity index (χ2v) is 6.06. The van der Waals surface area contributed by atoms with Crippen molar-refractivity contribution in [1.29, 1.82) is 0 Å². The maximum atomic E-state index is 12.0. The Bertz CT molecular complexity index is 971. The van der Waals surface area contributed by atoms with E-state index >= 15 is 0 Å². The number of carbonyl (C=O) groups is 1. The number of hydrogen-bond acceptors (Lipinski definition) is 5. The van der Waals surface area contributed by atoms with Crippen LogP contribution in [0, 0.1) is 0 Å². The van der Waals surface area contributed by atoms with E-state index < -0.39 is 0 Å². The van der Waals surface area contributed by atoms with Gasteiger partial charge in [0.15, 0.2) is 22.4 Å². The van der Waals surface area contributed by atoms with Gasteiger partial charge in [0.25, 0.3) is 5.91 Å². The first kappa shape index (κ1) is 16.9. The highest BCUT2D eigenvalue weighted by molar-refractivity contribution is 7.80. The molecule has 1 aliphatic rings. The lowest BCUT2D eigenvalue weighted by Gasteiger charge is -2.11. The number of thiocarbonyl (C=S) groups is 1. The molecule has 1 aromatic heterocycles. The van der Waals surface area contributed by atoms with E-state index in [4.69, 9.17) is 26.1 Å². The summed E-state index contributed by atoms with van der Waals surface area (Å²) in [5, 5.41) is 9.36. The molecule has 0 fully saturated rings. The lowest BCUT2D eigenvalue weighted by molar-refractivity contribution is 0.0996. The zero-order valence-electron chi connectivity index (χ0n) is 14.0. The summed E-state index contributed by atoms with van der Waals surface area (Å²) in [7, 11) is 0. The maximum absolute atomic E-state index is 12.0. The fourth-order valence-corrected chi connectivity index (χ4v) is 2.74. The van der Waals surface area contributed by atoms with E-state index in [1.54, 1.807) is 24.3 Å². The molecule has 7 nitrogen and oxygen atoms in total. The Morgan fingerprint density at radius 3 is 2.26 bits per heavy atom. The first-order chi connectivity index (χ1) is 13.2. The Balaban J connectivity index is 1.34. The third kappa shape index (κ3) is 4.01. The van der Waals surface area contributed by atoms with Gasteiger partial charge in [-0.05, 0) is 60.7 Å². The summed E-state index contributed by atoms with van der Waals surface area (Å²) in [5.41, 5.74) is 2.22. The molecule has 3 N–H and O–H groups in total. The summed E-state index contributed by atoms with van der Waals surface area (Å²) in [6.45, 7) is 0.226. The van der Waals surface area contributed by atoms with Crippen molar-refractivity contribution >= 4 is 40.3 Å². The number of carbonyl (C=O) groups excluding carboxylic acids is 1. The zero-order chi connectivity index (χ0) is 18.6. The molecule has 0 spiro atoms. The molecule has 8 heteroatoms. The number of amides is 1. The second-order valence-electron chi connectivity index (χ2n) is 5.66. The molecule has 1 aliphatic heterocycles. The van der Waals surface area contributed by atoms with Crippen molar-refractivity contribution in [2.24, 2.45) is 0 Å². The Morgan fingerprint density at radius 2 is 1.52 bits per heavy atom. The molecule has 2 heterocycles. The number of furan rings is 1. The van der Waals surface area contributed by atoms with E-state index in [0.29, 0.717) is 22.3 Å². The summed E-state index contributed by atoms with van der Waals surface area (Å²) in [5.74, 6) is 1.35. The third-order valence-corrected chi connectivity index (χ3v) is 3.98. The highest BCUT2D eigenvalue weighted by Gasteiger charge is 2.13. The molecule has 0 unspecified atom stereocenters. The Kier molecular flexibility index (Phi) is 4.63. The molecule has 0 bridgehead atoms. The highest BCUT2D eigenvalue weighted by atomic mass is 32.1. The number of hydrogen-bond donors (Lipinski definition) is 3. The summed E-state index contributed by atoms with van der Waals surface area (Å²) in [6.07, 6.45) is 1.45. The zero-order valence-corrected chi connectivity index (χ0v) is 14.8. The van der Waals surface area contributed by atoms with Crippen molar-refractivity contribution in [3.05, 3.63) is 66.6 Å². The summed E-state index contributed by atoms with van der Waals surface area (Å²) in [6, 6.07) is 15.9. The van der Waals surface area contributed by atoms with Crippen LogP contribution in [0.4, 0.5) is 17.1 Å². The number of ether oxygens (including phenoxy) is 2. The minimum Gasteiger partial charge on any atom is -0.459 e. The molecule has 2 aromatic carbocycles. The Hall–Kier alpha value is -3.52. The van der Waals surface area contributed by atoms with Crippen LogP contribution >= 0.6 is 12.2 Å². The van der Waals surface area contributed by atoms with Crippen molar-refractivity contribution in [2.45, 2.75) is 0 Å². The van der Waals surface area contributed by atoms with Crippen LogP contribution in [0.3, 0.4) is 0 Å². The van der Waals surface area contributed by atoms with E-state index in [-0.39, 0.29) is 18.5 Å². The van der Waals surface area contributed by atoms with Gasteiger partial charge in [0, 0.05) is 23.1 Å². The minimum absolute atomic E-state index is 0.226. The molecule has 0 radical (unpaired) electrons. The van der Waals surface area contributed by atoms with Crippen LogP contribution in [0.5, 0.6) is 11.5 Å². The van der Waals surface area contributed by atoms with Gasteiger partial charge in [0.05, 0.1) is 6.26 Å². The standard InChI is InChI=1S/C19H15N3O4S/c23-18(16-2-1-9-24-16)20-12-3-5-13(6-4-12)21-19(27)22-14-7-8-15-17(10-14)26-11-25-15/h1-10H,11H2,(H,20,23)(H2,21,22,27). The van der Waals surface area contributed by atoms with Crippen LogP contribution in [0.25, 0.3) is 0 Å². The molecule has 27 heavy (non-hydrogen) atoms. The average molecular weight is 381 g/mol. The largest absolute Gasteiger partial charge is 0.459 e. The Labute approximate surface area is 160 Å². The first-order valence-electron chi connectivity index (χ1n) is 8.10. The molecule has 0 saturated heterocycles. The number of nitrogens with one attached hydrogen (secondary N) is 3. The fraction of sp³-hybridized carbons (Fsp3) is 0.0526. The second kappa shape index (κ2) is 7.38. The van der Waals surface area contributed by atoms with Gasteiger partial charge in [-0.25, -0.2) is 0 Å². The van der Waals surface area contributed by atoms with Crippen LogP contribution < -0.4 is 25.4 Å². The van der Waals surface area contributed by atoms with Gasteiger partial charge >= 0.3 is 0 Å². The lowest BCUT2D eigenvalue weighted by Crippen LogP contribution is -2.19. The van der Waals surface area contributed by atoms with E-state index in [1.165, 1.54) is 6.26 Å². The molecule has 4 rings (SSSR count). The minimum atomic E-state index is -0.305. The van der Waals surface area contributed by atoms with Crippen LogP contribution in [-0.2, 0) is 0 Å². The van der Waals surface area contributed by atoms with Gasteiger partial charge in [0.1, 0.15) is 0 Å². The number of rotatable bonds is 4. The third-order valence-electron chi connectivity index (χ3n) is 3.78. The molecule has 0 atom stereocenters. The van der Waals surface area contributed by atoms with Gasteiger partial charge in [-0.15, -0.1) is 0 Å². The van der Waals surface area contributed by atoms with Crippen LogP contribution in [-0.4, -0.2) is 17.8 Å². The molecule has 3 aromatic rings. The fourth-order valence-electron chi connectivity index (χ4n) is 2.51. The van der Waals surface area contributed by atoms with Gasteiger partial charge in [-0.1, -0.05) is 0 Å². The molecule has 136 valence electrons. The van der Waals surface area contributed by atoms with Gasteiger partial charge in [0.2, 0.25) is 6.79 Å². The monoisotopic (exact) mass is 381 g/mol. The summed E-state index contributed by atoms with van der Waals surface area (Å²) >= 11 is 5.33. The Morgan fingerprint density at radius 1 is 0.852 bits per heavy atom. The number of benzene rings is 2. The van der Waals surface area contributed by atoms with Crippen LogP contribution in [0.2, 0.25) is 0 Å². The lowest BCUT2D eigenvalue weighted by atomic mass is 10.2. The highest BCUT2D eigenvalue weighted by Crippen LogP contribution is 2.34. The van der Waals surface area contributed by atoms with Crippen molar-refractivity contribution in [3.8, 4) is 11.5 Å². The van der Waals surface area contributed by atoms with E-state index in [0.717, 1.165) is 11.4 Å². The predicted octanol–water partition coefficient (Wildman–Crippen LogP) is 4.07. The summed E-state index contributed by atoms with van der Waals surface area (Å²) in [4.78, 5) is 12.0. The molecule has 0 saturated carbocycles. The van der Waals surface area contributed by atoms with Crippen LogP contribution in [0.15, 0.2) is 65.3 Å². The first-order valence-corrected chi connectivity index (χ1v) is 8.51. The SMILES string of the molecule is O=C(Nc1ccc(NC(=S)Nc2ccc3c(c2)OCO3)cc1)c1ccco1. The van der Waals surface area contributed by atoms with E-state index in [2.05, 4.69) is 16.0 Å². The van der Waals surface area contributed by atoms with Gasteiger partial charge in [-0.3, -0.25) is 4.79 Å². The van der Waals surface area contributed by atoms with Gasteiger partial charge in [-0.2, -0.15) is 0 Å². The maximum Gasteiger partial charge on any atom is 0.291 e.